The van der Waals surface area contributed by atoms with Gasteiger partial charge >= 0.3 is 0 Å². The average molecular weight is 529 g/mol. The minimum Gasteiger partial charge on any atom is -0.366 e. The fourth-order valence-electron chi connectivity index (χ4n) is 5.80. The van der Waals surface area contributed by atoms with E-state index in [4.69, 9.17) is 16.3 Å². The molecule has 8 nitrogen and oxygen atoms in total. The van der Waals surface area contributed by atoms with E-state index in [1.807, 2.05) is 12.3 Å². The third-order valence-corrected chi connectivity index (χ3v) is 9.38. The minimum absolute atomic E-state index is 0.0222. The maximum absolute atomic E-state index is 13.8. The molecule has 2 aromatic rings. The van der Waals surface area contributed by atoms with Crippen molar-refractivity contribution in [2.75, 3.05) is 13.2 Å². The summed E-state index contributed by atoms with van der Waals surface area (Å²) in [6, 6.07) is 4.36. The Morgan fingerprint density at radius 2 is 1.97 bits per heavy atom. The lowest BCUT2D eigenvalue weighted by atomic mass is 9.83. The van der Waals surface area contributed by atoms with Gasteiger partial charge in [0.15, 0.2) is 5.78 Å². The largest absolute Gasteiger partial charge is 0.366 e. The van der Waals surface area contributed by atoms with Crippen LogP contribution >= 0.6 is 22.9 Å². The fraction of sp³-hybridized carbons (Fsp3) is 0.577. The Morgan fingerprint density at radius 1 is 1.17 bits per heavy atom. The number of carbonyl (C=O) groups is 3. The molecule has 10 heteroatoms. The van der Waals surface area contributed by atoms with Gasteiger partial charge in [-0.2, -0.15) is 5.10 Å². The summed E-state index contributed by atoms with van der Waals surface area (Å²) in [4.78, 5) is 42.6. The van der Waals surface area contributed by atoms with E-state index < -0.39 is 23.6 Å². The predicted molar refractivity (Wildman–Crippen MR) is 135 cm³/mol. The van der Waals surface area contributed by atoms with Gasteiger partial charge in [0.1, 0.15) is 30.5 Å². The fourth-order valence-corrected chi connectivity index (χ4v) is 7.03. The number of hydrogen-bond acceptors (Lipinski definition) is 7. The van der Waals surface area contributed by atoms with Crippen LogP contribution in [0.5, 0.6) is 0 Å². The minimum atomic E-state index is -0.697. The third-order valence-electron chi connectivity index (χ3n) is 7.89. The molecule has 2 saturated carbocycles. The summed E-state index contributed by atoms with van der Waals surface area (Å²) in [5, 5.41) is 11.0. The van der Waals surface area contributed by atoms with Crippen LogP contribution in [0, 0.1) is 5.92 Å². The Hall–Kier alpha value is -2.36. The van der Waals surface area contributed by atoms with Crippen LogP contribution in [0.15, 0.2) is 24.4 Å². The molecule has 4 heterocycles. The number of rotatable bonds is 6. The van der Waals surface area contributed by atoms with Gasteiger partial charge in [-0.1, -0.05) is 19.3 Å². The van der Waals surface area contributed by atoms with E-state index in [-0.39, 0.29) is 36.7 Å². The third kappa shape index (κ3) is 4.57. The zero-order valence-corrected chi connectivity index (χ0v) is 21.5. The number of likely N-dealkylation sites (tertiary alicyclic amines) is 1. The number of nitrogens with zero attached hydrogens (tertiary/aromatic N) is 3. The number of amides is 2. The van der Waals surface area contributed by atoms with Crippen LogP contribution in [0.4, 0.5) is 0 Å². The monoisotopic (exact) mass is 528 g/mol. The van der Waals surface area contributed by atoms with Gasteiger partial charge in [0.05, 0.1) is 21.3 Å². The molecule has 0 bridgehead atoms. The molecular formula is C26H29ClN4O4S. The number of fused-ring (bicyclic) bond motifs is 1. The van der Waals surface area contributed by atoms with E-state index in [9.17, 15) is 14.4 Å². The smallest absolute Gasteiger partial charge is 0.262 e. The second-order valence-electron chi connectivity index (χ2n) is 10.4. The maximum atomic E-state index is 13.8. The second-order valence-corrected chi connectivity index (χ2v) is 12.0. The van der Waals surface area contributed by atoms with Gasteiger partial charge in [-0.05, 0) is 61.3 Å². The van der Waals surface area contributed by atoms with E-state index in [1.54, 1.807) is 11.0 Å². The van der Waals surface area contributed by atoms with Crippen molar-refractivity contribution in [3.63, 3.8) is 0 Å². The molecule has 190 valence electrons. The standard InChI is InChI=1S/C26H29ClN4O4S/c27-17-12-31(23-19(32)13-35-24(17)23)26(34)22(15-4-2-1-3-5-15)29-25(33)21-9-8-20(36-21)18-10-16(11-28-30-18)14-6-7-14/h8-11,14-15,17,22-24H,1-7,12-13H2,(H,29,33)/t17-,22?,23+,24+/m0/s1. The van der Waals surface area contributed by atoms with Crippen molar-refractivity contribution in [3.05, 3.63) is 34.8 Å². The van der Waals surface area contributed by atoms with Gasteiger partial charge < -0.3 is 15.0 Å². The molecule has 6 rings (SSSR count). The van der Waals surface area contributed by atoms with Crippen molar-refractivity contribution in [2.24, 2.45) is 5.92 Å². The Labute approximate surface area is 218 Å². The van der Waals surface area contributed by atoms with Crippen molar-refractivity contribution in [3.8, 4) is 10.6 Å². The molecule has 1 N–H and O–H groups in total. The lowest BCUT2D eigenvalue weighted by Gasteiger charge is -2.34. The predicted octanol–water partition coefficient (Wildman–Crippen LogP) is 3.55. The van der Waals surface area contributed by atoms with E-state index >= 15 is 0 Å². The number of halogens is 1. The highest BCUT2D eigenvalue weighted by molar-refractivity contribution is 7.17. The molecule has 1 unspecified atom stereocenters. The summed E-state index contributed by atoms with van der Waals surface area (Å²) in [6.45, 7) is 0.227. The van der Waals surface area contributed by atoms with Crippen LogP contribution in [-0.2, 0) is 14.3 Å². The molecular weight excluding hydrogens is 500 g/mol. The molecule has 0 aromatic carbocycles. The highest BCUT2D eigenvalue weighted by Crippen LogP contribution is 2.41. The van der Waals surface area contributed by atoms with Gasteiger partial charge in [0, 0.05) is 6.54 Å². The lowest BCUT2D eigenvalue weighted by molar-refractivity contribution is -0.139. The molecule has 2 aromatic heterocycles. The van der Waals surface area contributed by atoms with Gasteiger partial charge in [-0.15, -0.1) is 28.0 Å². The summed E-state index contributed by atoms with van der Waals surface area (Å²) < 4.78 is 5.56. The normalized spacial score (nSPS) is 27.2. The number of hydrogen-bond donors (Lipinski definition) is 1. The van der Waals surface area contributed by atoms with Crippen LogP contribution in [0.1, 0.15) is 66.1 Å². The lowest BCUT2D eigenvalue weighted by Crippen LogP contribution is -2.55. The summed E-state index contributed by atoms with van der Waals surface area (Å²) in [5.41, 5.74) is 1.95. The van der Waals surface area contributed by atoms with Crippen molar-refractivity contribution < 1.29 is 19.1 Å². The van der Waals surface area contributed by atoms with Gasteiger partial charge in [0.2, 0.25) is 5.91 Å². The van der Waals surface area contributed by atoms with E-state index in [0.717, 1.165) is 42.7 Å². The first-order valence-corrected chi connectivity index (χ1v) is 14.1. The topological polar surface area (TPSA) is 101 Å². The van der Waals surface area contributed by atoms with Crippen LogP contribution in [0.3, 0.4) is 0 Å². The first-order chi connectivity index (χ1) is 17.5. The first-order valence-electron chi connectivity index (χ1n) is 12.8. The molecule has 0 radical (unpaired) electrons. The number of carbonyl (C=O) groups excluding carboxylic acids is 3. The van der Waals surface area contributed by atoms with Crippen molar-refractivity contribution >= 4 is 40.5 Å². The molecule has 2 aliphatic carbocycles. The molecule has 2 amide bonds. The number of thiophene rings is 1. The molecule has 2 saturated heterocycles. The first kappa shape index (κ1) is 24.0. The van der Waals surface area contributed by atoms with Crippen molar-refractivity contribution in [2.45, 2.75) is 74.4 Å². The zero-order valence-electron chi connectivity index (χ0n) is 19.9. The second kappa shape index (κ2) is 9.84. The van der Waals surface area contributed by atoms with Gasteiger partial charge in [-0.3, -0.25) is 14.4 Å². The summed E-state index contributed by atoms with van der Waals surface area (Å²) in [7, 11) is 0. The molecule has 0 spiro atoms. The average Bonchev–Trinajstić information content (AvgIpc) is 3.35. The van der Waals surface area contributed by atoms with Crippen LogP contribution in [0.25, 0.3) is 10.6 Å². The number of alkyl halides is 1. The molecule has 4 atom stereocenters. The number of aromatic nitrogens is 2. The summed E-state index contributed by atoms with van der Waals surface area (Å²) in [6.07, 6.45) is 8.62. The molecule has 4 fully saturated rings. The Balaban J connectivity index is 1.22. The summed E-state index contributed by atoms with van der Waals surface area (Å²) >= 11 is 7.79. The number of Topliss-reactive ketones (excluding diaryl/α,β-unsaturated/α-hetero) is 1. The number of ether oxygens (including phenoxy) is 1. The van der Waals surface area contributed by atoms with Crippen molar-refractivity contribution in [1.29, 1.82) is 0 Å². The number of ketones is 1. The molecule has 36 heavy (non-hydrogen) atoms. The SMILES string of the molecule is O=C(NC(C(=O)N1C[C@H](Cl)[C@H]2OCC(=O)[C@H]21)C1CCCCC1)c1ccc(-c2cc(C3CC3)cnn2)s1. The van der Waals surface area contributed by atoms with Crippen LogP contribution < -0.4 is 5.32 Å². The maximum Gasteiger partial charge on any atom is 0.262 e. The molecule has 4 aliphatic rings. The Bertz CT molecular complexity index is 1180. The molecule has 2 aliphatic heterocycles. The van der Waals surface area contributed by atoms with Gasteiger partial charge in [0.25, 0.3) is 5.91 Å². The van der Waals surface area contributed by atoms with E-state index in [0.29, 0.717) is 10.8 Å². The van der Waals surface area contributed by atoms with Crippen LogP contribution in [-0.4, -0.2) is 69.4 Å². The van der Waals surface area contributed by atoms with Crippen LogP contribution in [0.2, 0.25) is 0 Å². The Kier molecular flexibility index (Phi) is 6.56. The Morgan fingerprint density at radius 3 is 2.75 bits per heavy atom. The summed E-state index contributed by atoms with van der Waals surface area (Å²) in [5.74, 6) is -0.0385. The quantitative estimate of drug-likeness (QED) is 0.575. The van der Waals surface area contributed by atoms with E-state index in [1.165, 1.54) is 29.7 Å². The highest BCUT2D eigenvalue weighted by Gasteiger charge is 2.53. The highest BCUT2D eigenvalue weighted by atomic mass is 35.5. The zero-order chi connectivity index (χ0) is 24.8. The van der Waals surface area contributed by atoms with Crippen molar-refractivity contribution in [1.82, 2.24) is 20.4 Å². The van der Waals surface area contributed by atoms with Gasteiger partial charge in [-0.25, -0.2) is 0 Å². The van der Waals surface area contributed by atoms with E-state index in [2.05, 4.69) is 21.6 Å². The number of nitrogens with one attached hydrogen (secondary N) is 1.